The number of aliphatic hydroxyl groups excluding tert-OH is 1. The van der Waals surface area contributed by atoms with Gasteiger partial charge in [-0.05, 0) is 19.8 Å². The SMILES string of the molecule is C=CCC(C)NC1CC(O)C1(C)C. The highest BCUT2D eigenvalue weighted by atomic mass is 16.3. The van der Waals surface area contributed by atoms with Crippen LogP contribution in [0.25, 0.3) is 0 Å². The Balaban J connectivity index is 2.35. The number of hydrogen-bond acceptors (Lipinski definition) is 2. The summed E-state index contributed by atoms with van der Waals surface area (Å²) in [6.45, 7) is 10.1. The Morgan fingerprint density at radius 3 is 2.69 bits per heavy atom. The summed E-state index contributed by atoms with van der Waals surface area (Å²) in [4.78, 5) is 0. The molecule has 1 saturated carbocycles. The van der Waals surface area contributed by atoms with Crippen molar-refractivity contribution < 1.29 is 5.11 Å². The van der Waals surface area contributed by atoms with Crippen LogP contribution in [0.5, 0.6) is 0 Å². The molecule has 3 atom stereocenters. The summed E-state index contributed by atoms with van der Waals surface area (Å²) < 4.78 is 0. The van der Waals surface area contributed by atoms with Crippen LogP contribution in [0.4, 0.5) is 0 Å². The second kappa shape index (κ2) is 3.81. The quantitative estimate of drug-likeness (QED) is 0.650. The van der Waals surface area contributed by atoms with Gasteiger partial charge >= 0.3 is 0 Å². The van der Waals surface area contributed by atoms with Crippen LogP contribution in [-0.2, 0) is 0 Å². The van der Waals surface area contributed by atoms with Crippen molar-refractivity contribution in [3.05, 3.63) is 12.7 Å². The molecule has 0 aromatic carbocycles. The molecule has 0 saturated heterocycles. The van der Waals surface area contributed by atoms with Crippen LogP contribution in [0, 0.1) is 5.41 Å². The van der Waals surface area contributed by atoms with E-state index in [4.69, 9.17) is 0 Å². The Morgan fingerprint density at radius 1 is 1.69 bits per heavy atom. The first kappa shape index (κ1) is 10.7. The van der Waals surface area contributed by atoms with Gasteiger partial charge in [-0.2, -0.15) is 0 Å². The van der Waals surface area contributed by atoms with E-state index >= 15 is 0 Å². The number of nitrogens with one attached hydrogen (secondary N) is 1. The Labute approximate surface area is 81.0 Å². The van der Waals surface area contributed by atoms with E-state index in [-0.39, 0.29) is 11.5 Å². The molecule has 13 heavy (non-hydrogen) atoms. The molecule has 3 unspecified atom stereocenters. The van der Waals surface area contributed by atoms with Gasteiger partial charge in [-0.25, -0.2) is 0 Å². The lowest BCUT2D eigenvalue weighted by molar-refractivity contribution is -0.0751. The topological polar surface area (TPSA) is 32.3 Å². The number of aliphatic hydroxyl groups is 1. The molecular weight excluding hydrogens is 162 g/mol. The fourth-order valence-corrected chi connectivity index (χ4v) is 1.85. The molecule has 1 aliphatic rings. The molecule has 2 N–H and O–H groups in total. The van der Waals surface area contributed by atoms with Gasteiger partial charge in [0.15, 0.2) is 0 Å². The molecule has 2 heteroatoms. The predicted molar refractivity (Wildman–Crippen MR) is 55.6 cm³/mol. The normalized spacial score (nSPS) is 33.5. The van der Waals surface area contributed by atoms with Crippen molar-refractivity contribution in [2.45, 2.75) is 51.8 Å². The summed E-state index contributed by atoms with van der Waals surface area (Å²) in [6.07, 6.45) is 3.66. The van der Waals surface area contributed by atoms with Crippen LogP contribution >= 0.6 is 0 Å². The van der Waals surface area contributed by atoms with Gasteiger partial charge in [-0.1, -0.05) is 19.9 Å². The number of hydrogen-bond donors (Lipinski definition) is 2. The van der Waals surface area contributed by atoms with E-state index in [0.29, 0.717) is 12.1 Å². The molecule has 0 aromatic rings. The van der Waals surface area contributed by atoms with E-state index in [1.807, 2.05) is 6.08 Å². The molecule has 76 valence electrons. The molecular formula is C11H21NO. The summed E-state index contributed by atoms with van der Waals surface area (Å²) >= 11 is 0. The van der Waals surface area contributed by atoms with Gasteiger partial charge in [0.2, 0.25) is 0 Å². The largest absolute Gasteiger partial charge is 0.392 e. The summed E-state index contributed by atoms with van der Waals surface area (Å²) in [6, 6.07) is 0.923. The van der Waals surface area contributed by atoms with Gasteiger partial charge < -0.3 is 10.4 Å². The van der Waals surface area contributed by atoms with E-state index in [2.05, 4.69) is 32.7 Å². The maximum absolute atomic E-state index is 9.53. The Kier molecular flexibility index (Phi) is 3.14. The third kappa shape index (κ3) is 2.12. The molecule has 0 bridgehead atoms. The van der Waals surface area contributed by atoms with E-state index in [0.717, 1.165) is 12.8 Å². The molecule has 0 spiro atoms. The highest BCUT2D eigenvalue weighted by molar-refractivity contribution is 5.02. The third-order valence-electron chi connectivity index (χ3n) is 3.22. The van der Waals surface area contributed by atoms with Crippen LogP contribution in [-0.4, -0.2) is 23.3 Å². The Bertz CT molecular complexity index is 189. The first-order valence-electron chi connectivity index (χ1n) is 5.03. The fraction of sp³-hybridized carbons (Fsp3) is 0.818. The lowest BCUT2D eigenvalue weighted by Crippen LogP contribution is -2.61. The van der Waals surface area contributed by atoms with Gasteiger partial charge in [0.1, 0.15) is 0 Å². The molecule has 0 heterocycles. The van der Waals surface area contributed by atoms with Gasteiger partial charge in [-0.3, -0.25) is 0 Å². The second-order valence-electron chi connectivity index (χ2n) is 4.72. The standard InChI is InChI=1S/C11H21NO/c1-5-6-8(2)12-9-7-10(13)11(9,3)4/h5,8-10,12-13H,1,6-7H2,2-4H3. The molecule has 0 radical (unpaired) electrons. The fourth-order valence-electron chi connectivity index (χ4n) is 1.85. The average Bonchev–Trinajstić information content (AvgIpc) is 2.04. The van der Waals surface area contributed by atoms with Crippen LogP contribution in [0.1, 0.15) is 33.6 Å². The van der Waals surface area contributed by atoms with E-state index in [9.17, 15) is 5.11 Å². The maximum atomic E-state index is 9.53. The summed E-state index contributed by atoms with van der Waals surface area (Å²) in [7, 11) is 0. The number of rotatable bonds is 4. The molecule has 0 aliphatic heterocycles. The van der Waals surface area contributed by atoms with Gasteiger partial charge in [-0.15, -0.1) is 6.58 Å². The highest BCUT2D eigenvalue weighted by Crippen LogP contribution is 2.40. The molecule has 1 rings (SSSR count). The van der Waals surface area contributed by atoms with E-state index < -0.39 is 0 Å². The van der Waals surface area contributed by atoms with Crippen molar-refractivity contribution in [2.75, 3.05) is 0 Å². The smallest absolute Gasteiger partial charge is 0.0621 e. The minimum absolute atomic E-state index is 0.0371. The summed E-state index contributed by atoms with van der Waals surface area (Å²) in [5, 5.41) is 13.0. The maximum Gasteiger partial charge on any atom is 0.0621 e. The second-order valence-corrected chi connectivity index (χ2v) is 4.72. The minimum Gasteiger partial charge on any atom is -0.392 e. The van der Waals surface area contributed by atoms with Crippen molar-refractivity contribution in [3.8, 4) is 0 Å². The van der Waals surface area contributed by atoms with E-state index in [1.165, 1.54) is 0 Å². The lowest BCUT2D eigenvalue weighted by Gasteiger charge is -2.50. The summed E-state index contributed by atoms with van der Waals surface area (Å²) in [5.74, 6) is 0. The van der Waals surface area contributed by atoms with Crippen LogP contribution in [0.2, 0.25) is 0 Å². The van der Waals surface area contributed by atoms with Crippen molar-refractivity contribution >= 4 is 0 Å². The first-order valence-corrected chi connectivity index (χ1v) is 5.03. The molecule has 2 nitrogen and oxygen atoms in total. The molecule has 1 aliphatic carbocycles. The monoisotopic (exact) mass is 183 g/mol. The van der Waals surface area contributed by atoms with Crippen molar-refractivity contribution in [3.63, 3.8) is 0 Å². The molecule has 1 fully saturated rings. The highest BCUT2D eigenvalue weighted by Gasteiger charge is 2.47. The summed E-state index contributed by atoms with van der Waals surface area (Å²) in [5.41, 5.74) is 0.0371. The first-order chi connectivity index (χ1) is 5.98. The van der Waals surface area contributed by atoms with Crippen LogP contribution < -0.4 is 5.32 Å². The zero-order chi connectivity index (χ0) is 10.1. The molecule has 0 aromatic heterocycles. The lowest BCUT2D eigenvalue weighted by atomic mass is 9.64. The van der Waals surface area contributed by atoms with E-state index in [1.54, 1.807) is 0 Å². The minimum atomic E-state index is -0.138. The van der Waals surface area contributed by atoms with Crippen LogP contribution in [0.15, 0.2) is 12.7 Å². The predicted octanol–water partition coefficient (Wildman–Crippen LogP) is 1.70. The van der Waals surface area contributed by atoms with Crippen molar-refractivity contribution in [1.82, 2.24) is 5.32 Å². The Morgan fingerprint density at radius 2 is 2.31 bits per heavy atom. The van der Waals surface area contributed by atoms with Gasteiger partial charge in [0.05, 0.1) is 6.10 Å². The zero-order valence-electron chi connectivity index (χ0n) is 8.88. The Hall–Kier alpha value is -0.340. The molecule has 0 amide bonds. The zero-order valence-corrected chi connectivity index (χ0v) is 8.88. The average molecular weight is 183 g/mol. The van der Waals surface area contributed by atoms with Crippen molar-refractivity contribution in [1.29, 1.82) is 0 Å². The van der Waals surface area contributed by atoms with Crippen LogP contribution in [0.3, 0.4) is 0 Å². The van der Waals surface area contributed by atoms with Crippen molar-refractivity contribution in [2.24, 2.45) is 5.41 Å². The van der Waals surface area contributed by atoms with Gasteiger partial charge in [0, 0.05) is 17.5 Å². The third-order valence-corrected chi connectivity index (χ3v) is 3.22. The van der Waals surface area contributed by atoms with Gasteiger partial charge in [0.25, 0.3) is 0 Å².